The van der Waals surface area contributed by atoms with Crippen LogP contribution in [0.1, 0.15) is 12.8 Å². The second-order valence-corrected chi connectivity index (χ2v) is 2.60. The number of aliphatic hydroxyl groups is 1. The highest BCUT2D eigenvalue weighted by atomic mass is 16.7. The first-order valence-corrected chi connectivity index (χ1v) is 3.31. The lowest BCUT2D eigenvalue weighted by atomic mass is 10.1. The van der Waals surface area contributed by atoms with Crippen LogP contribution in [-0.4, -0.2) is 30.2 Å². The molecule has 2 heterocycles. The minimum Gasteiger partial charge on any atom is -0.388 e. The molecule has 1 N–H and O–H groups in total. The van der Waals surface area contributed by atoms with E-state index in [9.17, 15) is 0 Å². The maximum absolute atomic E-state index is 9.15. The van der Waals surface area contributed by atoms with Gasteiger partial charge < -0.3 is 14.6 Å². The number of fused-ring (bicyclic) bond motifs is 2. The molecule has 0 amide bonds. The van der Waals surface area contributed by atoms with Crippen LogP contribution in [0.3, 0.4) is 0 Å². The molecule has 2 rings (SSSR count). The van der Waals surface area contributed by atoms with Crippen LogP contribution >= 0.6 is 0 Å². The minimum atomic E-state index is -0.385. The van der Waals surface area contributed by atoms with Crippen molar-refractivity contribution in [1.29, 1.82) is 0 Å². The fourth-order valence-corrected chi connectivity index (χ4v) is 1.32. The van der Waals surface area contributed by atoms with E-state index in [-0.39, 0.29) is 18.5 Å². The Kier molecular flexibility index (Phi) is 1.22. The maximum Gasteiger partial charge on any atom is 0.183 e. The summed E-state index contributed by atoms with van der Waals surface area (Å²) >= 11 is 0. The SMILES string of the molecule is O[C@@H]1CC[C@H]2CO[C@@H]1O2. The van der Waals surface area contributed by atoms with Crippen molar-refractivity contribution in [2.75, 3.05) is 6.61 Å². The highest BCUT2D eigenvalue weighted by Crippen LogP contribution is 2.26. The molecule has 3 nitrogen and oxygen atoms in total. The second-order valence-electron chi connectivity index (χ2n) is 2.60. The van der Waals surface area contributed by atoms with Gasteiger partial charge in [-0.2, -0.15) is 0 Å². The molecule has 2 fully saturated rings. The van der Waals surface area contributed by atoms with E-state index in [1.807, 2.05) is 0 Å². The third kappa shape index (κ3) is 0.852. The lowest BCUT2D eigenvalue weighted by Crippen LogP contribution is -2.32. The summed E-state index contributed by atoms with van der Waals surface area (Å²) in [6, 6.07) is 0. The molecule has 3 atom stereocenters. The van der Waals surface area contributed by atoms with E-state index in [1.54, 1.807) is 0 Å². The normalized spacial score (nSPS) is 49.7. The van der Waals surface area contributed by atoms with E-state index in [1.165, 1.54) is 0 Å². The third-order valence-electron chi connectivity index (χ3n) is 1.87. The summed E-state index contributed by atoms with van der Waals surface area (Å²) in [6.45, 7) is 0.668. The first kappa shape index (κ1) is 5.65. The molecule has 0 radical (unpaired) electrons. The summed E-state index contributed by atoms with van der Waals surface area (Å²) in [5, 5.41) is 9.15. The molecule has 0 aliphatic carbocycles. The fourth-order valence-electron chi connectivity index (χ4n) is 1.32. The average molecular weight is 130 g/mol. The average Bonchev–Trinajstić information content (AvgIpc) is 2.25. The fraction of sp³-hybridized carbons (Fsp3) is 1.00. The van der Waals surface area contributed by atoms with Crippen molar-refractivity contribution >= 4 is 0 Å². The van der Waals surface area contributed by atoms with Crippen LogP contribution < -0.4 is 0 Å². The van der Waals surface area contributed by atoms with Crippen LogP contribution in [0.15, 0.2) is 0 Å². The quantitative estimate of drug-likeness (QED) is 0.497. The summed E-state index contributed by atoms with van der Waals surface area (Å²) in [7, 11) is 0. The van der Waals surface area contributed by atoms with Crippen molar-refractivity contribution in [3.63, 3.8) is 0 Å². The van der Waals surface area contributed by atoms with Crippen molar-refractivity contribution in [1.82, 2.24) is 0 Å². The molecule has 2 aliphatic rings. The van der Waals surface area contributed by atoms with E-state index in [2.05, 4.69) is 0 Å². The lowest BCUT2D eigenvalue weighted by Gasteiger charge is -2.22. The predicted octanol–water partition coefficient (Wildman–Crippen LogP) is -0.117. The van der Waals surface area contributed by atoms with Crippen molar-refractivity contribution in [2.24, 2.45) is 0 Å². The number of aliphatic hydroxyl groups excluding tert-OH is 1. The van der Waals surface area contributed by atoms with Crippen LogP contribution in [-0.2, 0) is 9.47 Å². The van der Waals surface area contributed by atoms with Crippen LogP contribution in [0.2, 0.25) is 0 Å². The van der Waals surface area contributed by atoms with Gasteiger partial charge in [-0.05, 0) is 12.8 Å². The van der Waals surface area contributed by atoms with Gasteiger partial charge in [-0.3, -0.25) is 0 Å². The number of hydrogen-bond acceptors (Lipinski definition) is 3. The van der Waals surface area contributed by atoms with Crippen molar-refractivity contribution < 1.29 is 14.6 Å². The first-order chi connectivity index (χ1) is 4.36. The molecule has 3 heteroatoms. The van der Waals surface area contributed by atoms with Crippen LogP contribution in [0, 0.1) is 0 Å². The number of hydrogen-bond donors (Lipinski definition) is 1. The van der Waals surface area contributed by atoms with Crippen LogP contribution in [0.25, 0.3) is 0 Å². The summed E-state index contributed by atoms with van der Waals surface area (Å²) in [5.74, 6) is 0. The zero-order valence-electron chi connectivity index (χ0n) is 5.12. The Morgan fingerprint density at radius 2 is 2.22 bits per heavy atom. The molecule has 0 aromatic rings. The van der Waals surface area contributed by atoms with Gasteiger partial charge in [0.25, 0.3) is 0 Å². The van der Waals surface area contributed by atoms with Gasteiger partial charge in [0.1, 0.15) is 6.10 Å². The zero-order valence-corrected chi connectivity index (χ0v) is 5.12. The topological polar surface area (TPSA) is 38.7 Å². The summed E-state index contributed by atoms with van der Waals surface area (Å²) in [4.78, 5) is 0. The Morgan fingerprint density at radius 3 is 3.00 bits per heavy atom. The molecular formula is C6H10O3. The summed E-state index contributed by atoms with van der Waals surface area (Å²) < 4.78 is 10.4. The van der Waals surface area contributed by atoms with Gasteiger partial charge in [-0.15, -0.1) is 0 Å². The predicted molar refractivity (Wildman–Crippen MR) is 29.9 cm³/mol. The zero-order chi connectivity index (χ0) is 6.27. The van der Waals surface area contributed by atoms with Gasteiger partial charge in [0.15, 0.2) is 6.29 Å². The molecule has 0 aromatic heterocycles. The van der Waals surface area contributed by atoms with Gasteiger partial charge in [0, 0.05) is 0 Å². The molecule has 2 saturated heterocycles. The molecular weight excluding hydrogens is 120 g/mol. The first-order valence-electron chi connectivity index (χ1n) is 3.31. The molecule has 2 aliphatic heterocycles. The maximum atomic E-state index is 9.15. The van der Waals surface area contributed by atoms with E-state index >= 15 is 0 Å². The smallest absolute Gasteiger partial charge is 0.183 e. The largest absolute Gasteiger partial charge is 0.388 e. The summed E-state index contributed by atoms with van der Waals surface area (Å²) in [6.07, 6.45) is 1.33. The van der Waals surface area contributed by atoms with Crippen LogP contribution in [0.4, 0.5) is 0 Å². The van der Waals surface area contributed by atoms with E-state index in [4.69, 9.17) is 14.6 Å². The number of ether oxygens (including phenoxy) is 2. The molecule has 0 unspecified atom stereocenters. The Morgan fingerprint density at radius 1 is 1.33 bits per heavy atom. The van der Waals surface area contributed by atoms with E-state index in [0.29, 0.717) is 6.61 Å². The van der Waals surface area contributed by atoms with Gasteiger partial charge >= 0.3 is 0 Å². The Hall–Kier alpha value is -0.120. The lowest BCUT2D eigenvalue weighted by molar-refractivity contribution is -0.152. The van der Waals surface area contributed by atoms with Gasteiger partial charge in [0.2, 0.25) is 0 Å². The molecule has 2 bridgehead atoms. The van der Waals surface area contributed by atoms with Crippen molar-refractivity contribution in [3.05, 3.63) is 0 Å². The molecule has 9 heavy (non-hydrogen) atoms. The second kappa shape index (κ2) is 1.94. The molecule has 0 saturated carbocycles. The minimum absolute atomic E-state index is 0.262. The Bertz CT molecular complexity index is 115. The highest BCUT2D eigenvalue weighted by Gasteiger charge is 2.36. The monoisotopic (exact) mass is 130 g/mol. The third-order valence-corrected chi connectivity index (χ3v) is 1.87. The van der Waals surface area contributed by atoms with Crippen molar-refractivity contribution in [2.45, 2.75) is 31.3 Å². The van der Waals surface area contributed by atoms with Gasteiger partial charge in [-0.25, -0.2) is 0 Å². The Balaban J connectivity index is 2.05. The Labute approximate surface area is 53.6 Å². The van der Waals surface area contributed by atoms with E-state index in [0.717, 1.165) is 12.8 Å². The summed E-state index contributed by atoms with van der Waals surface area (Å²) in [5.41, 5.74) is 0. The molecule has 0 spiro atoms. The van der Waals surface area contributed by atoms with Crippen molar-refractivity contribution in [3.8, 4) is 0 Å². The van der Waals surface area contributed by atoms with Gasteiger partial charge in [0.05, 0.1) is 12.7 Å². The molecule has 52 valence electrons. The van der Waals surface area contributed by atoms with E-state index < -0.39 is 0 Å². The van der Waals surface area contributed by atoms with Gasteiger partial charge in [-0.1, -0.05) is 0 Å². The highest BCUT2D eigenvalue weighted by molar-refractivity contribution is 4.77. The molecule has 0 aromatic carbocycles. The number of rotatable bonds is 0. The standard InChI is InChI=1S/C6H10O3/c7-5-2-1-4-3-8-6(5)9-4/h4-7H,1-3H2/t4-,5+,6+/m0/s1. The van der Waals surface area contributed by atoms with Crippen LogP contribution in [0.5, 0.6) is 0 Å².